The average molecular weight is 663 g/mol. The molecule has 1 unspecified atom stereocenters. The molecule has 10 heteroatoms. The number of nitrogens with zero attached hydrogens (tertiary/aromatic N) is 5. The lowest BCUT2D eigenvalue weighted by atomic mass is 9.79. The molecule has 3 aromatic carbocycles. The average Bonchev–Trinajstić information content (AvgIpc) is 3.87. The molecule has 4 aliphatic rings. The Morgan fingerprint density at radius 1 is 1.14 bits per heavy atom. The van der Waals surface area contributed by atoms with Gasteiger partial charge in [-0.1, -0.05) is 24.3 Å². The highest BCUT2D eigenvalue weighted by Crippen LogP contribution is 2.49. The number of amides is 1. The maximum Gasteiger partial charge on any atom is 0.223 e. The third kappa shape index (κ3) is 5.40. The SMILES string of the molecule is CC(CN(C)C)Oc1nc2c(F)c(-c3cccc4ccc(F)cc34)c(CCC#N)cc2c2c1cc(CN1CCCC1=O)n2[C@H]1[C@H]2CN[C@@H]1C2. The van der Waals surface area contributed by atoms with Crippen LogP contribution in [0.2, 0.25) is 0 Å². The third-order valence-corrected chi connectivity index (χ3v) is 10.6. The molecule has 2 bridgehead atoms. The largest absolute Gasteiger partial charge is 0.473 e. The second-order valence-electron chi connectivity index (χ2n) is 14.2. The number of likely N-dealkylation sites (tertiary alicyclic amines) is 1. The molecule has 252 valence electrons. The Balaban J connectivity index is 1.44. The van der Waals surface area contributed by atoms with Crippen LogP contribution in [0.4, 0.5) is 8.78 Å². The van der Waals surface area contributed by atoms with Gasteiger partial charge in [0.25, 0.3) is 0 Å². The van der Waals surface area contributed by atoms with Gasteiger partial charge < -0.3 is 24.4 Å². The van der Waals surface area contributed by atoms with Crippen LogP contribution in [0.1, 0.15) is 49.9 Å². The lowest BCUT2D eigenvalue weighted by Crippen LogP contribution is -2.40. The van der Waals surface area contributed by atoms with E-state index in [-0.39, 0.29) is 36.0 Å². The summed E-state index contributed by atoms with van der Waals surface area (Å²) in [5.41, 5.74) is 3.55. The zero-order valence-corrected chi connectivity index (χ0v) is 28.1. The Morgan fingerprint density at radius 2 is 2.00 bits per heavy atom. The standard InChI is InChI=1S/C39H40F2N6O2/c1-22(20-45(2)3)49-39-31-18-27(21-46-14-6-10-33(46)48)47(37-25-16-32(37)43-19-25)38(31)30-15-24(8-5-13-42)34(35(41)36(30)44-39)28-9-4-7-23-11-12-26(40)17-29(23)28/h4,7,9,11-12,15,17-18,22,25,32,37,43H,5-6,8,10,14,16,19-21H2,1-3H3/t22?,25-,32-,37+/m1/s1. The summed E-state index contributed by atoms with van der Waals surface area (Å²) in [4.78, 5) is 21.8. The Morgan fingerprint density at radius 3 is 2.71 bits per heavy atom. The number of aryl methyl sites for hydroxylation is 1. The predicted molar refractivity (Wildman–Crippen MR) is 186 cm³/mol. The predicted octanol–water partition coefficient (Wildman–Crippen LogP) is 6.73. The van der Waals surface area contributed by atoms with Crippen LogP contribution in [0.3, 0.4) is 0 Å². The highest BCUT2D eigenvalue weighted by atomic mass is 19.1. The fraction of sp³-hybridized carbons (Fsp3) is 0.410. The Labute approximate surface area is 284 Å². The van der Waals surface area contributed by atoms with Crippen molar-refractivity contribution in [2.24, 2.45) is 5.92 Å². The van der Waals surface area contributed by atoms with E-state index in [4.69, 9.17) is 9.72 Å². The van der Waals surface area contributed by atoms with E-state index < -0.39 is 11.6 Å². The first-order valence-electron chi connectivity index (χ1n) is 17.3. The number of benzene rings is 3. The number of ether oxygens (including phenoxy) is 1. The van der Waals surface area contributed by atoms with Crippen LogP contribution in [0.5, 0.6) is 5.88 Å². The highest BCUT2D eigenvalue weighted by Gasteiger charge is 2.49. The topological polar surface area (TPSA) is 86.4 Å². The number of carbonyl (C=O) groups is 1. The van der Waals surface area contributed by atoms with Gasteiger partial charge in [0.1, 0.15) is 17.4 Å². The molecule has 1 N–H and O–H groups in total. The van der Waals surface area contributed by atoms with Gasteiger partial charge in [-0.15, -0.1) is 0 Å². The first kappa shape index (κ1) is 31.7. The van der Waals surface area contributed by atoms with E-state index in [1.165, 1.54) is 12.1 Å². The highest BCUT2D eigenvalue weighted by molar-refractivity contribution is 6.10. The Hall–Kier alpha value is -4.59. The maximum atomic E-state index is 17.5. The summed E-state index contributed by atoms with van der Waals surface area (Å²) < 4.78 is 41.1. The molecular weight excluding hydrogens is 622 g/mol. The van der Waals surface area contributed by atoms with Crippen molar-refractivity contribution >= 4 is 38.5 Å². The molecule has 1 saturated carbocycles. The minimum Gasteiger partial charge on any atom is -0.473 e. The monoisotopic (exact) mass is 662 g/mol. The van der Waals surface area contributed by atoms with Gasteiger partial charge in [-0.3, -0.25) is 4.79 Å². The number of likely N-dealkylation sites (N-methyl/N-ethyl adjacent to an activating group) is 1. The number of nitrogens with one attached hydrogen (secondary N) is 1. The molecule has 9 rings (SSSR count). The molecule has 49 heavy (non-hydrogen) atoms. The molecule has 0 radical (unpaired) electrons. The van der Waals surface area contributed by atoms with Gasteiger partial charge in [0.2, 0.25) is 11.8 Å². The Kier molecular flexibility index (Phi) is 8.00. The molecule has 4 atom stereocenters. The number of nitriles is 1. The number of aromatic nitrogens is 2. The van der Waals surface area contributed by atoms with Gasteiger partial charge in [0, 0.05) is 55.2 Å². The summed E-state index contributed by atoms with van der Waals surface area (Å²) in [5.74, 6) is -0.0142. The van der Waals surface area contributed by atoms with Crippen molar-refractivity contribution in [3.05, 3.63) is 71.4 Å². The first-order chi connectivity index (χ1) is 23.7. The fourth-order valence-corrected chi connectivity index (χ4v) is 8.50. The molecule has 3 saturated heterocycles. The Bertz CT molecular complexity index is 2160. The number of hydrogen-bond donors (Lipinski definition) is 1. The van der Waals surface area contributed by atoms with E-state index in [0.29, 0.717) is 71.7 Å². The van der Waals surface area contributed by atoms with E-state index in [1.807, 2.05) is 55.1 Å². The van der Waals surface area contributed by atoms with Gasteiger partial charge in [0.15, 0.2) is 5.82 Å². The number of rotatable bonds is 10. The van der Waals surface area contributed by atoms with Crippen LogP contribution in [0.15, 0.2) is 48.5 Å². The van der Waals surface area contributed by atoms with Crippen molar-refractivity contribution in [3.63, 3.8) is 0 Å². The number of halogens is 2. The fourth-order valence-electron chi connectivity index (χ4n) is 8.50. The summed E-state index contributed by atoms with van der Waals surface area (Å²) in [6, 6.07) is 16.8. The van der Waals surface area contributed by atoms with Crippen molar-refractivity contribution < 1.29 is 18.3 Å². The zero-order valence-electron chi connectivity index (χ0n) is 28.1. The number of fused-ring (bicyclic) bond motifs is 5. The first-order valence-corrected chi connectivity index (χ1v) is 17.3. The summed E-state index contributed by atoms with van der Waals surface area (Å²) in [6.45, 7) is 4.69. The molecule has 1 amide bonds. The molecule has 5 aromatic rings. The van der Waals surface area contributed by atoms with Crippen molar-refractivity contribution in [2.75, 3.05) is 33.7 Å². The van der Waals surface area contributed by atoms with E-state index in [0.717, 1.165) is 41.4 Å². The number of carbonyl (C=O) groups excluding carboxylic acids is 1. The van der Waals surface area contributed by atoms with Crippen LogP contribution >= 0.6 is 0 Å². The quantitative estimate of drug-likeness (QED) is 0.179. The summed E-state index contributed by atoms with van der Waals surface area (Å²) >= 11 is 0. The van der Waals surface area contributed by atoms with Gasteiger partial charge in [-0.05, 0) is 92.4 Å². The van der Waals surface area contributed by atoms with E-state index in [9.17, 15) is 14.4 Å². The van der Waals surface area contributed by atoms with E-state index >= 15 is 4.39 Å². The number of pyridine rings is 1. The third-order valence-electron chi connectivity index (χ3n) is 10.6. The van der Waals surface area contributed by atoms with Crippen LogP contribution in [0, 0.1) is 28.9 Å². The second kappa shape index (κ2) is 12.4. The molecule has 5 heterocycles. The molecule has 3 aliphatic heterocycles. The molecular formula is C39H40F2N6O2. The summed E-state index contributed by atoms with van der Waals surface area (Å²) in [5, 5.41) is 16.1. The number of hydrogen-bond acceptors (Lipinski definition) is 6. The summed E-state index contributed by atoms with van der Waals surface area (Å²) in [6.07, 6.45) is 2.72. The molecule has 0 spiro atoms. The smallest absolute Gasteiger partial charge is 0.223 e. The maximum absolute atomic E-state index is 17.5. The van der Waals surface area contributed by atoms with Crippen LogP contribution in [0.25, 0.3) is 43.7 Å². The molecule has 1 aliphatic carbocycles. The van der Waals surface area contributed by atoms with Crippen LogP contribution < -0.4 is 10.1 Å². The summed E-state index contributed by atoms with van der Waals surface area (Å²) in [7, 11) is 3.96. The van der Waals surface area contributed by atoms with Crippen LogP contribution in [-0.4, -0.2) is 71.1 Å². The minimum atomic E-state index is -0.520. The van der Waals surface area contributed by atoms with Crippen molar-refractivity contribution in [3.8, 4) is 23.1 Å². The molecule has 8 nitrogen and oxygen atoms in total. The normalized spacial score (nSPS) is 20.9. The van der Waals surface area contributed by atoms with Crippen molar-refractivity contribution in [1.82, 2.24) is 24.7 Å². The zero-order chi connectivity index (χ0) is 34.0. The van der Waals surface area contributed by atoms with E-state index in [2.05, 4.69) is 22.0 Å². The van der Waals surface area contributed by atoms with Gasteiger partial charge in [-0.2, -0.15) is 5.26 Å². The van der Waals surface area contributed by atoms with Gasteiger partial charge in [-0.25, -0.2) is 13.8 Å². The van der Waals surface area contributed by atoms with Crippen LogP contribution in [-0.2, 0) is 17.8 Å². The van der Waals surface area contributed by atoms with E-state index in [1.54, 1.807) is 6.07 Å². The lowest BCUT2D eigenvalue weighted by Gasteiger charge is -2.38. The van der Waals surface area contributed by atoms with Gasteiger partial charge >= 0.3 is 0 Å². The lowest BCUT2D eigenvalue weighted by molar-refractivity contribution is -0.128. The molecule has 4 fully saturated rings. The minimum absolute atomic E-state index is 0.145. The van der Waals surface area contributed by atoms with Crippen molar-refractivity contribution in [1.29, 1.82) is 5.26 Å². The van der Waals surface area contributed by atoms with Crippen molar-refractivity contribution in [2.45, 2.75) is 63.8 Å². The second-order valence-corrected chi connectivity index (χ2v) is 14.2. The molecule has 2 aromatic heterocycles. The van der Waals surface area contributed by atoms with Gasteiger partial charge in [0.05, 0.1) is 29.6 Å².